The summed E-state index contributed by atoms with van der Waals surface area (Å²) in [5.74, 6) is 0.211. The highest BCUT2D eigenvalue weighted by molar-refractivity contribution is 8.13. The third-order valence-electron chi connectivity index (χ3n) is 4.88. The van der Waals surface area contributed by atoms with Gasteiger partial charge in [0.15, 0.2) is 5.17 Å². The third-order valence-corrected chi connectivity index (χ3v) is 5.98. The maximum absolute atomic E-state index is 14.6. The summed E-state index contributed by atoms with van der Waals surface area (Å²) in [6.45, 7) is 5.40. The smallest absolute Gasteiger partial charge is 0.413 e. The molecule has 5 nitrogen and oxygen atoms in total. The number of fused-ring (bicyclic) bond motifs is 1. The second-order valence-electron chi connectivity index (χ2n) is 7.69. The lowest BCUT2D eigenvalue weighted by molar-refractivity contribution is 0.141. The van der Waals surface area contributed by atoms with Crippen LogP contribution in [-0.4, -0.2) is 43.8 Å². The van der Waals surface area contributed by atoms with Gasteiger partial charge in [0.1, 0.15) is 5.82 Å². The second kappa shape index (κ2) is 6.29. The van der Waals surface area contributed by atoms with Crippen LogP contribution < -0.4 is 0 Å². The molecule has 25 heavy (non-hydrogen) atoms. The fraction of sp³-hybridized carbons (Fsp3) is 0.556. The monoisotopic (exact) mass is 366 g/mol. The van der Waals surface area contributed by atoms with Crippen LogP contribution in [0.15, 0.2) is 29.3 Å². The fourth-order valence-electron chi connectivity index (χ4n) is 3.83. The minimum Gasteiger partial charge on any atom is -0.465 e. The van der Waals surface area contributed by atoms with Gasteiger partial charge in [-0.05, 0) is 33.3 Å². The number of hydrogen-bond acceptors (Lipinski definition) is 4. The van der Waals surface area contributed by atoms with Crippen molar-refractivity contribution in [2.45, 2.75) is 50.8 Å². The van der Waals surface area contributed by atoms with Gasteiger partial charge in [-0.2, -0.15) is 0 Å². The zero-order valence-electron chi connectivity index (χ0n) is 14.6. The molecule has 0 bridgehead atoms. The Morgan fingerprint density at radius 1 is 1.40 bits per heavy atom. The zero-order valence-corrected chi connectivity index (χ0v) is 15.4. The van der Waals surface area contributed by atoms with Crippen molar-refractivity contribution in [1.82, 2.24) is 4.90 Å². The number of hydrogen-bond donors (Lipinski definition) is 2. The van der Waals surface area contributed by atoms with Gasteiger partial charge in [-0.1, -0.05) is 30.0 Å². The first-order valence-electron chi connectivity index (χ1n) is 8.34. The van der Waals surface area contributed by atoms with Crippen molar-refractivity contribution in [2.24, 2.45) is 10.9 Å². The number of amides is 1. The Morgan fingerprint density at radius 3 is 2.68 bits per heavy atom. The Kier molecular flexibility index (Phi) is 4.58. The number of amidine groups is 1. The van der Waals surface area contributed by atoms with E-state index in [1.807, 2.05) is 0 Å². The van der Waals surface area contributed by atoms with E-state index in [1.165, 1.54) is 22.7 Å². The lowest BCUT2D eigenvalue weighted by Crippen LogP contribution is -2.50. The molecule has 1 amide bonds. The van der Waals surface area contributed by atoms with Crippen LogP contribution in [0.25, 0.3) is 0 Å². The van der Waals surface area contributed by atoms with Crippen molar-refractivity contribution in [3.63, 3.8) is 0 Å². The molecule has 136 valence electrons. The van der Waals surface area contributed by atoms with Gasteiger partial charge in [-0.25, -0.2) is 14.2 Å². The highest BCUT2D eigenvalue weighted by Gasteiger charge is 2.52. The Balaban J connectivity index is 2.15. The standard InChI is InChI=1S/C18H23FN2O3S/c1-17(2,3)21(16(23)24)15-20-18(13-6-4-5-7-14(13)19)9-12(22)8-11(18)10-25-15/h4-7,11-12,22H,8-10H2,1-3H3,(H,23,24)/t11-,12+,18-/m0/s1. The van der Waals surface area contributed by atoms with E-state index in [0.29, 0.717) is 29.3 Å². The number of benzene rings is 1. The number of aliphatic hydroxyl groups excluding tert-OH is 1. The molecule has 7 heteroatoms. The van der Waals surface area contributed by atoms with Crippen molar-refractivity contribution >= 4 is 23.0 Å². The second-order valence-corrected chi connectivity index (χ2v) is 8.68. The van der Waals surface area contributed by atoms with Crippen LogP contribution in [0, 0.1) is 11.7 Å². The van der Waals surface area contributed by atoms with Crippen molar-refractivity contribution < 1.29 is 19.4 Å². The first kappa shape index (κ1) is 18.2. The van der Waals surface area contributed by atoms with E-state index in [9.17, 15) is 19.4 Å². The van der Waals surface area contributed by atoms with Gasteiger partial charge in [-0.3, -0.25) is 4.90 Å². The summed E-state index contributed by atoms with van der Waals surface area (Å²) in [5, 5.41) is 20.3. The van der Waals surface area contributed by atoms with Crippen LogP contribution in [0.2, 0.25) is 0 Å². The number of thioether (sulfide) groups is 1. The molecule has 1 aromatic rings. The molecule has 1 heterocycles. The van der Waals surface area contributed by atoms with Gasteiger partial charge in [0.25, 0.3) is 0 Å². The predicted molar refractivity (Wildman–Crippen MR) is 96.3 cm³/mol. The molecule has 3 atom stereocenters. The molecule has 0 spiro atoms. The summed E-state index contributed by atoms with van der Waals surface area (Å²) < 4.78 is 14.6. The molecule has 1 aliphatic carbocycles. The first-order valence-corrected chi connectivity index (χ1v) is 9.32. The van der Waals surface area contributed by atoms with Gasteiger partial charge >= 0.3 is 6.09 Å². The predicted octanol–water partition coefficient (Wildman–Crippen LogP) is 3.67. The number of carboxylic acid groups (broad SMARTS) is 1. The van der Waals surface area contributed by atoms with E-state index in [4.69, 9.17) is 4.99 Å². The molecule has 0 aromatic heterocycles. The van der Waals surface area contributed by atoms with Crippen molar-refractivity contribution in [3.05, 3.63) is 35.6 Å². The molecule has 0 unspecified atom stereocenters. The van der Waals surface area contributed by atoms with E-state index >= 15 is 0 Å². The first-order chi connectivity index (χ1) is 11.6. The van der Waals surface area contributed by atoms with Crippen LogP contribution in [0.5, 0.6) is 0 Å². The number of rotatable bonds is 1. The van der Waals surface area contributed by atoms with E-state index in [2.05, 4.69) is 0 Å². The van der Waals surface area contributed by atoms with Crippen LogP contribution in [-0.2, 0) is 5.54 Å². The van der Waals surface area contributed by atoms with Crippen LogP contribution in [0.4, 0.5) is 9.18 Å². The summed E-state index contributed by atoms with van der Waals surface area (Å²) in [6.07, 6.45) is -0.804. The summed E-state index contributed by atoms with van der Waals surface area (Å²) in [4.78, 5) is 17.8. The van der Waals surface area contributed by atoms with Crippen molar-refractivity contribution in [2.75, 3.05) is 5.75 Å². The summed E-state index contributed by atoms with van der Waals surface area (Å²) >= 11 is 1.37. The average Bonchev–Trinajstić information content (AvgIpc) is 2.82. The normalized spacial score (nSPS) is 29.1. The summed E-state index contributed by atoms with van der Waals surface area (Å²) in [7, 11) is 0. The Hall–Kier alpha value is -1.60. The lowest BCUT2D eigenvalue weighted by atomic mass is 9.81. The number of halogens is 1. The maximum Gasteiger partial charge on any atom is 0.413 e. The molecule has 1 saturated carbocycles. The minimum atomic E-state index is -1.08. The largest absolute Gasteiger partial charge is 0.465 e. The van der Waals surface area contributed by atoms with Crippen LogP contribution in [0.1, 0.15) is 39.2 Å². The molecule has 2 aliphatic rings. The van der Waals surface area contributed by atoms with Crippen LogP contribution >= 0.6 is 11.8 Å². The number of carbonyl (C=O) groups is 1. The highest BCUT2D eigenvalue weighted by Crippen LogP contribution is 2.52. The molecule has 3 rings (SSSR count). The van der Waals surface area contributed by atoms with Gasteiger partial charge in [0.2, 0.25) is 0 Å². The topological polar surface area (TPSA) is 73.1 Å². The Bertz CT molecular complexity index is 719. The molecule has 0 radical (unpaired) electrons. The zero-order chi connectivity index (χ0) is 18.4. The molecular weight excluding hydrogens is 343 g/mol. The summed E-state index contributed by atoms with van der Waals surface area (Å²) in [5.41, 5.74) is -1.14. The molecule has 0 saturated heterocycles. The number of aliphatic hydroxyl groups is 1. The lowest BCUT2D eigenvalue weighted by Gasteiger charge is -2.41. The van der Waals surface area contributed by atoms with Gasteiger partial charge in [0.05, 0.1) is 11.6 Å². The van der Waals surface area contributed by atoms with Gasteiger partial charge in [0, 0.05) is 29.2 Å². The highest BCUT2D eigenvalue weighted by atomic mass is 32.2. The molecular formula is C18H23FN2O3S. The summed E-state index contributed by atoms with van der Waals surface area (Å²) in [6, 6.07) is 6.46. The molecule has 1 aliphatic heterocycles. The fourth-order valence-corrected chi connectivity index (χ4v) is 5.30. The van der Waals surface area contributed by atoms with E-state index in [1.54, 1.807) is 39.0 Å². The molecule has 2 N–H and O–H groups in total. The molecule has 1 aromatic carbocycles. The number of nitrogens with zero attached hydrogens (tertiary/aromatic N) is 2. The quantitative estimate of drug-likeness (QED) is 0.795. The van der Waals surface area contributed by atoms with E-state index < -0.39 is 23.3 Å². The van der Waals surface area contributed by atoms with Gasteiger partial charge < -0.3 is 10.2 Å². The SMILES string of the molecule is CC(C)(C)N(C(=O)O)C1=N[C@@]2(c3ccccc3F)C[C@H](O)C[C@H]2CS1. The maximum atomic E-state index is 14.6. The van der Waals surface area contributed by atoms with Crippen molar-refractivity contribution in [1.29, 1.82) is 0 Å². The minimum absolute atomic E-state index is 0.0243. The Labute approximate surface area is 150 Å². The van der Waals surface area contributed by atoms with Crippen molar-refractivity contribution in [3.8, 4) is 0 Å². The third kappa shape index (κ3) is 3.15. The Morgan fingerprint density at radius 2 is 2.08 bits per heavy atom. The average molecular weight is 366 g/mol. The van der Waals surface area contributed by atoms with E-state index in [-0.39, 0.29) is 11.7 Å². The van der Waals surface area contributed by atoms with Gasteiger partial charge in [-0.15, -0.1) is 0 Å². The number of aliphatic imine (C=N–C) groups is 1. The van der Waals surface area contributed by atoms with Crippen LogP contribution in [0.3, 0.4) is 0 Å². The molecule has 1 fully saturated rings. The van der Waals surface area contributed by atoms with E-state index in [0.717, 1.165) is 0 Å².